The minimum atomic E-state index is -3.09. The van der Waals surface area contributed by atoms with Gasteiger partial charge in [0.15, 0.2) is 0 Å². The summed E-state index contributed by atoms with van der Waals surface area (Å²) < 4.78 is 30.8. The predicted molar refractivity (Wildman–Crippen MR) is 170 cm³/mol. The van der Waals surface area contributed by atoms with Gasteiger partial charge in [0.1, 0.15) is 24.2 Å². The van der Waals surface area contributed by atoms with Crippen LogP contribution in [-0.4, -0.2) is 84.5 Å². The number of hydrogen-bond acceptors (Lipinski definition) is 10. The van der Waals surface area contributed by atoms with Gasteiger partial charge in [-0.25, -0.2) is 9.97 Å². The number of fused-ring (bicyclic) bond motifs is 1. The smallest absolute Gasteiger partial charge is 0.344 e. The molecule has 13 heteroatoms. The number of rotatable bonds is 15. The van der Waals surface area contributed by atoms with Gasteiger partial charge >= 0.3 is 7.60 Å². The summed E-state index contributed by atoms with van der Waals surface area (Å²) in [4.78, 5) is 25.6. The molecule has 42 heavy (non-hydrogen) atoms. The molecule has 0 spiro atoms. The summed E-state index contributed by atoms with van der Waals surface area (Å²) in [5.41, 5.74) is 2.06. The minimum absolute atomic E-state index is 0.316. The average Bonchev–Trinajstić information content (AvgIpc) is 2.96. The quantitative estimate of drug-likeness (QED) is 0.116. The van der Waals surface area contributed by atoms with E-state index in [1.165, 1.54) is 12.4 Å². The first-order valence-corrected chi connectivity index (χ1v) is 16.5. The van der Waals surface area contributed by atoms with Crippen molar-refractivity contribution in [2.24, 2.45) is 0 Å². The third-order valence-corrected chi connectivity index (χ3v) is 9.18. The van der Waals surface area contributed by atoms with Crippen LogP contribution in [0.25, 0.3) is 10.9 Å². The summed E-state index contributed by atoms with van der Waals surface area (Å²) >= 11 is 3.49. The molecule has 11 nitrogen and oxygen atoms in total. The normalized spacial score (nSPS) is 14.5. The van der Waals surface area contributed by atoms with E-state index in [-0.39, 0.29) is 5.91 Å². The van der Waals surface area contributed by atoms with Gasteiger partial charge in [0.05, 0.1) is 31.0 Å². The molecule has 4 rings (SSSR count). The number of aromatic nitrogens is 2. The summed E-state index contributed by atoms with van der Waals surface area (Å²) in [7, 11) is -3.09. The van der Waals surface area contributed by atoms with Gasteiger partial charge in [0.25, 0.3) is 0 Å². The van der Waals surface area contributed by atoms with Crippen LogP contribution in [0, 0.1) is 0 Å². The van der Waals surface area contributed by atoms with Crippen molar-refractivity contribution in [2.75, 3.05) is 69.5 Å². The number of carbonyl (C=O) groups excluding carboxylic acids is 1. The number of nitrogens with zero attached hydrogens (tertiary/aromatic N) is 4. The SMILES string of the molecule is C=CC(=O)Nc1cc2c(Nc3cccc(Br)c3)ncnc2cc1OCCCN1CCN(CP(=O)(OCC)OCC)CC1. The van der Waals surface area contributed by atoms with E-state index < -0.39 is 7.60 Å². The highest BCUT2D eigenvalue weighted by molar-refractivity contribution is 9.10. The van der Waals surface area contributed by atoms with Gasteiger partial charge in [-0.2, -0.15) is 0 Å². The molecule has 3 aromatic rings. The number of nitrogens with one attached hydrogen (secondary N) is 2. The maximum Gasteiger partial charge on any atom is 0.344 e. The Morgan fingerprint density at radius 1 is 1.10 bits per heavy atom. The Hall–Kier alpha value is -2.86. The van der Waals surface area contributed by atoms with E-state index in [0.717, 1.165) is 54.7 Å². The summed E-state index contributed by atoms with van der Waals surface area (Å²) in [5.74, 6) is 0.794. The van der Waals surface area contributed by atoms with E-state index in [4.69, 9.17) is 13.8 Å². The zero-order valence-electron chi connectivity index (χ0n) is 24.1. The molecule has 1 aromatic heterocycles. The van der Waals surface area contributed by atoms with E-state index in [0.29, 0.717) is 48.9 Å². The number of anilines is 3. The molecule has 1 aliphatic rings. The number of benzene rings is 2. The van der Waals surface area contributed by atoms with Gasteiger partial charge < -0.3 is 29.3 Å². The Bertz CT molecular complexity index is 1410. The maximum absolute atomic E-state index is 12.9. The van der Waals surface area contributed by atoms with Gasteiger partial charge in [0.2, 0.25) is 5.91 Å². The number of amides is 1. The van der Waals surface area contributed by atoms with Crippen LogP contribution in [0.2, 0.25) is 0 Å². The second-order valence-corrected chi connectivity index (χ2v) is 12.6. The fourth-order valence-corrected chi connectivity index (χ4v) is 6.87. The monoisotopic (exact) mass is 660 g/mol. The van der Waals surface area contributed by atoms with Crippen molar-refractivity contribution in [3.8, 4) is 5.75 Å². The minimum Gasteiger partial charge on any atom is -0.491 e. The molecule has 2 N–H and O–H groups in total. The molecule has 1 amide bonds. The molecule has 0 unspecified atom stereocenters. The van der Waals surface area contributed by atoms with Crippen LogP contribution in [0.1, 0.15) is 20.3 Å². The highest BCUT2D eigenvalue weighted by atomic mass is 79.9. The topological polar surface area (TPSA) is 118 Å². The second-order valence-electron chi connectivity index (χ2n) is 9.67. The highest BCUT2D eigenvalue weighted by Crippen LogP contribution is 2.48. The van der Waals surface area contributed by atoms with Gasteiger partial charge in [-0.3, -0.25) is 14.3 Å². The molecule has 0 radical (unpaired) electrons. The molecule has 1 saturated heterocycles. The van der Waals surface area contributed by atoms with Crippen LogP contribution in [0.4, 0.5) is 17.2 Å². The Kier molecular flexibility index (Phi) is 11.9. The fraction of sp³-hybridized carbons (Fsp3) is 0.414. The van der Waals surface area contributed by atoms with E-state index in [1.807, 2.05) is 50.2 Å². The lowest BCUT2D eigenvalue weighted by atomic mass is 10.1. The zero-order chi connectivity index (χ0) is 30.0. The molecule has 0 aliphatic carbocycles. The van der Waals surface area contributed by atoms with Crippen LogP contribution in [0.15, 0.2) is 59.9 Å². The molecule has 1 aliphatic heterocycles. The van der Waals surface area contributed by atoms with Crippen LogP contribution in [0.5, 0.6) is 5.75 Å². The summed E-state index contributed by atoms with van der Waals surface area (Å²) in [5, 5.41) is 6.91. The predicted octanol–water partition coefficient (Wildman–Crippen LogP) is 5.87. The van der Waals surface area contributed by atoms with Crippen molar-refractivity contribution >= 4 is 57.5 Å². The first kappa shape index (κ1) is 32.1. The first-order valence-electron chi connectivity index (χ1n) is 14.0. The molecule has 226 valence electrons. The summed E-state index contributed by atoms with van der Waals surface area (Å²) in [6.45, 7) is 12.6. The second kappa shape index (κ2) is 15.6. The van der Waals surface area contributed by atoms with E-state index in [1.54, 1.807) is 0 Å². The van der Waals surface area contributed by atoms with Gasteiger partial charge in [-0.15, -0.1) is 0 Å². The Labute approximate surface area is 255 Å². The number of hydrogen-bond donors (Lipinski definition) is 2. The van der Waals surface area contributed by atoms with Crippen LogP contribution in [-0.2, 0) is 18.4 Å². The van der Waals surface area contributed by atoms with Crippen molar-refractivity contribution in [3.05, 3.63) is 59.9 Å². The number of halogens is 1. The third kappa shape index (κ3) is 9.07. The largest absolute Gasteiger partial charge is 0.491 e. The lowest BCUT2D eigenvalue weighted by molar-refractivity contribution is -0.111. The Morgan fingerprint density at radius 3 is 2.52 bits per heavy atom. The molecular weight excluding hydrogens is 623 g/mol. The number of carbonyl (C=O) groups is 1. The van der Waals surface area contributed by atoms with Crippen molar-refractivity contribution in [3.63, 3.8) is 0 Å². The Balaban J connectivity index is 1.36. The Morgan fingerprint density at radius 2 is 1.83 bits per heavy atom. The number of piperazine rings is 1. The van der Waals surface area contributed by atoms with Crippen LogP contribution < -0.4 is 15.4 Å². The van der Waals surface area contributed by atoms with Gasteiger partial charge in [0, 0.05) is 54.3 Å². The van der Waals surface area contributed by atoms with Crippen molar-refractivity contribution in [1.82, 2.24) is 19.8 Å². The van der Waals surface area contributed by atoms with Gasteiger partial charge in [-0.1, -0.05) is 28.6 Å². The van der Waals surface area contributed by atoms with Crippen molar-refractivity contribution in [1.29, 1.82) is 0 Å². The molecule has 0 atom stereocenters. The lowest BCUT2D eigenvalue weighted by Crippen LogP contribution is -2.47. The zero-order valence-corrected chi connectivity index (χ0v) is 26.5. The van der Waals surface area contributed by atoms with Crippen LogP contribution in [0.3, 0.4) is 0 Å². The third-order valence-electron chi connectivity index (χ3n) is 6.63. The summed E-state index contributed by atoms with van der Waals surface area (Å²) in [6.07, 6.45) is 3.83. The molecule has 2 aromatic carbocycles. The van der Waals surface area contributed by atoms with E-state index >= 15 is 0 Å². The number of ether oxygens (including phenoxy) is 1. The standard InChI is InChI=1S/C29H38BrN6O5P/c1-4-28(37)34-26-18-24-25(31-20-32-29(24)33-23-10-7-9-22(30)17-23)19-27(26)39-16-8-11-35-12-14-36(15-13-35)21-42(38,40-5-2)41-6-3/h4,7,9-10,17-20H,1,5-6,8,11-16,21H2,2-3H3,(H,34,37)(H,31,32,33). The lowest BCUT2D eigenvalue weighted by Gasteiger charge is -2.35. The average molecular weight is 662 g/mol. The molecule has 0 bridgehead atoms. The summed E-state index contributed by atoms with van der Waals surface area (Å²) in [6, 6.07) is 11.4. The van der Waals surface area contributed by atoms with Gasteiger partial charge in [-0.05, 0) is 50.6 Å². The first-order chi connectivity index (χ1) is 20.3. The highest BCUT2D eigenvalue weighted by Gasteiger charge is 2.29. The van der Waals surface area contributed by atoms with E-state index in [2.05, 4.69) is 52.9 Å². The maximum atomic E-state index is 12.9. The van der Waals surface area contributed by atoms with Crippen molar-refractivity contribution in [2.45, 2.75) is 20.3 Å². The van der Waals surface area contributed by atoms with Crippen LogP contribution >= 0.6 is 23.5 Å². The molecule has 0 saturated carbocycles. The molecular formula is C29H38BrN6O5P. The van der Waals surface area contributed by atoms with Crippen molar-refractivity contribution < 1.29 is 23.1 Å². The fourth-order valence-electron chi connectivity index (χ4n) is 4.67. The van der Waals surface area contributed by atoms with E-state index in [9.17, 15) is 9.36 Å². The molecule has 1 fully saturated rings. The molecule has 2 heterocycles.